The lowest BCUT2D eigenvalue weighted by Crippen LogP contribution is -2.52. The largest absolute Gasteiger partial charge is 0.375 e. The predicted octanol–water partition coefficient (Wildman–Crippen LogP) is 0.622. The molecular formula is C12H22N2O2. The van der Waals surface area contributed by atoms with Gasteiger partial charge in [0.05, 0.1) is 25.3 Å². The van der Waals surface area contributed by atoms with Crippen molar-refractivity contribution in [1.82, 2.24) is 10.2 Å². The summed E-state index contributed by atoms with van der Waals surface area (Å²) in [5, 5.41) is 3.25. The van der Waals surface area contributed by atoms with Gasteiger partial charge in [0.15, 0.2) is 0 Å². The fraction of sp³-hybridized carbons (Fsp3) is 0.917. The maximum absolute atomic E-state index is 12.0. The molecule has 0 aromatic heterocycles. The molecule has 2 fully saturated rings. The zero-order valence-electron chi connectivity index (χ0n) is 10.2. The first-order valence-corrected chi connectivity index (χ1v) is 6.28. The van der Waals surface area contributed by atoms with Crippen molar-refractivity contribution in [1.29, 1.82) is 0 Å². The van der Waals surface area contributed by atoms with Crippen LogP contribution in [0.3, 0.4) is 0 Å². The number of amides is 1. The van der Waals surface area contributed by atoms with Crippen LogP contribution in [-0.2, 0) is 9.53 Å². The molecule has 16 heavy (non-hydrogen) atoms. The van der Waals surface area contributed by atoms with Gasteiger partial charge in [-0.3, -0.25) is 4.79 Å². The van der Waals surface area contributed by atoms with E-state index >= 15 is 0 Å². The first kappa shape index (κ1) is 11.9. The summed E-state index contributed by atoms with van der Waals surface area (Å²) in [6, 6.07) is 0.214. The molecule has 4 nitrogen and oxygen atoms in total. The van der Waals surface area contributed by atoms with E-state index < -0.39 is 0 Å². The molecule has 2 aliphatic rings. The first-order valence-electron chi connectivity index (χ1n) is 6.28. The van der Waals surface area contributed by atoms with E-state index in [9.17, 15) is 4.79 Å². The fourth-order valence-corrected chi connectivity index (χ4v) is 2.06. The molecule has 1 aliphatic heterocycles. The second-order valence-electron chi connectivity index (χ2n) is 5.11. The van der Waals surface area contributed by atoms with Crippen LogP contribution in [0.1, 0.15) is 26.7 Å². The molecule has 92 valence electrons. The highest BCUT2D eigenvalue weighted by atomic mass is 16.5. The van der Waals surface area contributed by atoms with Crippen molar-refractivity contribution < 1.29 is 9.53 Å². The Labute approximate surface area is 97.3 Å². The Morgan fingerprint density at radius 1 is 1.44 bits per heavy atom. The molecule has 2 unspecified atom stereocenters. The third-order valence-corrected chi connectivity index (χ3v) is 3.33. The third-order valence-electron chi connectivity index (χ3n) is 3.33. The maximum atomic E-state index is 12.0. The number of carbonyl (C=O) groups excluding carboxylic acids is 1. The smallest absolute Gasteiger partial charge is 0.236 e. The van der Waals surface area contributed by atoms with Gasteiger partial charge >= 0.3 is 0 Å². The average Bonchev–Trinajstić information content (AvgIpc) is 3.05. The third kappa shape index (κ3) is 3.19. The minimum atomic E-state index is 0.170. The standard InChI is InChI=1S/C12H22N2O2/c1-9-8-16-10(2)7-14(9)12(15)6-13-5-11-3-4-11/h9-11,13H,3-8H2,1-2H3. The molecule has 0 spiro atoms. The minimum Gasteiger partial charge on any atom is -0.375 e. The first-order chi connectivity index (χ1) is 7.66. The summed E-state index contributed by atoms with van der Waals surface area (Å²) in [5.41, 5.74) is 0. The lowest BCUT2D eigenvalue weighted by atomic mass is 10.2. The number of rotatable bonds is 4. The van der Waals surface area contributed by atoms with Gasteiger partial charge in [-0.2, -0.15) is 0 Å². The summed E-state index contributed by atoms with van der Waals surface area (Å²) in [6.45, 7) is 6.93. The molecule has 1 heterocycles. The monoisotopic (exact) mass is 226 g/mol. The molecule has 1 N–H and O–H groups in total. The van der Waals surface area contributed by atoms with Crippen LogP contribution in [0.4, 0.5) is 0 Å². The molecule has 0 aromatic carbocycles. The summed E-state index contributed by atoms with van der Waals surface area (Å²) in [6.07, 6.45) is 2.82. The summed E-state index contributed by atoms with van der Waals surface area (Å²) >= 11 is 0. The lowest BCUT2D eigenvalue weighted by Gasteiger charge is -2.36. The van der Waals surface area contributed by atoms with Gasteiger partial charge in [-0.1, -0.05) is 0 Å². The van der Waals surface area contributed by atoms with Crippen LogP contribution in [0.5, 0.6) is 0 Å². The van der Waals surface area contributed by atoms with Crippen molar-refractivity contribution in [3.63, 3.8) is 0 Å². The average molecular weight is 226 g/mol. The number of hydrogen-bond donors (Lipinski definition) is 1. The summed E-state index contributed by atoms with van der Waals surface area (Å²) < 4.78 is 5.51. The van der Waals surface area contributed by atoms with Crippen molar-refractivity contribution >= 4 is 5.91 Å². The molecule has 4 heteroatoms. The van der Waals surface area contributed by atoms with Crippen molar-refractivity contribution in [3.05, 3.63) is 0 Å². The molecule has 0 bridgehead atoms. The van der Waals surface area contributed by atoms with E-state index in [0.29, 0.717) is 13.2 Å². The summed E-state index contributed by atoms with van der Waals surface area (Å²) in [7, 11) is 0. The van der Waals surface area contributed by atoms with Crippen LogP contribution in [0.2, 0.25) is 0 Å². The Hall–Kier alpha value is -0.610. The van der Waals surface area contributed by atoms with E-state index in [1.165, 1.54) is 12.8 Å². The molecule has 1 saturated heterocycles. The SMILES string of the molecule is CC1CN(C(=O)CNCC2CC2)C(C)CO1. The Morgan fingerprint density at radius 2 is 2.19 bits per heavy atom. The number of nitrogens with zero attached hydrogens (tertiary/aromatic N) is 1. The van der Waals surface area contributed by atoms with Gasteiger partial charge < -0.3 is 15.0 Å². The van der Waals surface area contributed by atoms with Crippen LogP contribution >= 0.6 is 0 Å². The van der Waals surface area contributed by atoms with Gasteiger partial charge in [0.2, 0.25) is 5.91 Å². The fourth-order valence-electron chi connectivity index (χ4n) is 2.06. The maximum Gasteiger partial charge on any atom is 0.236 e. The molecule has 0 aromatic rings. The zero-order valence-corrected chi connectivity index (χ0v) is 10.2. The summed E-state index contributed by atoms with van der Waals surface area (Å²) in [5.74, 6) is 1.04. The second kappa shape index (κ2) is 5.15. The van der Waals surface area contributed by atoms with Crippen LogP contribution in [0.25, 0.3) is 0 Å². The van der Waals surface area contributed by atoms with Crippen molar-refractivity contribution in [2.24, 2.45) is 5.92 Å². The number of ether oxygens (including phenoxy) is 1. The highest BCUT2D eigenvalue weighted by molar-refractivity contribution is 5.78. The van der Waals surface area contributed by atoms with E-state index in [1.54, 1.807) is 0 Å². The quantitative estimate of drug-likeness (QED) is 0.764. The van der Waals surface area contributed by atoms with Crippen molar-refractivity contribution in [2.75, 3.05) is 26.2 Å². The number of morpholine rings is 1. The van der Waals surface area contributed by atoms with Gasteiger partial charge in [0.25, 0.3) is 0 Å². The van der Waals surface area contributed by atoms with Crippen molar-refractivity contribution in [2.45, 2.75) is 38.8 Å². The summed E-state index contributed by atoms with van der Waals surface area (Å²) in [4.78, 5) is 13.9. The van der Waals surface area contributed by atoms with Gasteiger partial charge in [0, 0.05) is 6.54 Å². The highest BCUT2D eigenvalue weighted by Gasteiger charge is 2.27. The van der Waals surface area contributed by atoms with Crippen LogP contribution in [0, 0.1) is 5.92 Å². The van der Waals surface area contributed by atoms with E-state index in [4.69, 9.17) is 4.74 Å². The van der Waals surface area contributed by atoms with Gasteiger partial charge in [0.1, 0.15) is 0 Å². The number of nitrogens with one attached hydrogen (secondary N) is 1. The van der Waals surface area contributed by atoms with E-state index in [1.807, 2.05) is 18.7 Å². The molecule has 2 atom stereocenters. The second-order valence-corrected chi connectivity index (χ2v) is 5.11. The van der Waals surface area contributed by atoms with Crippen LogP contribution < -0.4 is 5.32 Å². The molecule has 1 saturated carbocycles. The van der Waals surface area contributed by atoms with Gasteiger partial charge in [-0.25, -0.2) is 0 Å². The van der Waals surface area contributed by atoms with E-state index in [0.717, 1.165) is 19.0 Å². The molecule has 0 radical (unpaired) electrons. The lowest BCUT2D eigenvalue weighted by molar-refractivity contribution is -0.142. The molecule has 2 rings (SSSR count). The predicted molar refractivity (Wildman–Crippen MR) is 62.2 cm³/mol. The van der Waals surface area contributed by atoms with Crippen LogP contribution in [-0.4, -0.2) is 49.2 Å². The molecule has 1 amide bonds. The number of carbonyl (C=O) groups is 1. The Morgan fingerprint density at radius 3 is 2.88 bits per heavy atom. The number of hydrogen-bond acceptors (Lipinski definition) is 3. The molecular weight excluding hydrogens is 204 g/mol. The molecule has 1 aliphatic carbocycles. The van der Waals surface area contributed by atoms with E-state index in [-0.39, 0.29) is 18.1 Å². The Kier molecular flexibility index (Phi) is 3.82. The van der Waals surface area contributed by atoms with Gasteiger partial charge in [-0.05, 0) is 39.2 Å². The Bertz CT molecular complexity index is 253. The normalized spacial score (nSPS) is 30.5. The van der Waals surface area contributed by atoms with Crippen molar-refractivity contribution in [3.8, 4) is 0 Å². The minimum absolute atomic E-state index is 0.170. The van der Waals surface area contributed by atoms with Gasteiger partial charge in [-0.15, -0.1) is 0 Å². The highest BCUT2D eigenvalue weighted by Crippen LogP contribution is 2.27. The van der Waals surface area contributed by atoms with E-state index in [2.05, 4.69) is 5.32 Å². The van der Waals surface area contributed by atoms with Crippen LogP contribution in [0.15, 0.2) is 0 Å². The Balaban J connectivity index is 1.72. The topological polar surface area (TPSA) is 41.6 Å². The zero-order chi connectivity index (χ0) is 11.5.